The van der Waals surface area contributed by atoms with Gasteiger partial charge in [0.1, 0.15) is 18.0 Å². The van der Waals surface area contributed by atoms with E-state index in [4.69, 9.17) is 19.3 Å². The number of anilines is 1. The number of benzene rings is 1. The first-order valence-electron chi connectivity index (χ1n) is 6.65. The molecule has 1 heterocycles. The molecule has 2 rings (SSSR count). The number of carboxylic acids is 1. The van der Waals surface area contributed by atoms with Gasteiger partial charge in [-0.25, -0.2) is 0 Å². The molecule has 0 atom stereocenters. The molecule has 0 fully saturated rings. The van der Waals surface area contributed by atoms with Crippen LogP contribution in [0.3, 0.4) is 0 Å². The second-order valence-corrected chi connectivity index (χ2v) is 4.51. The lowest BCUT2D eigenvalue weighted by Gasteiger charge is -2.22. The van der Waals surface area contributed by atoms with E-state index in [-0.39, 0.29) is 13.2 Å². The van der Waals surface area contributed by atoms with Gasteiger partial charge in [0.25, 0.3) is 0 Å². The van der Waals surface area contributed by atoms with Crippen molar-refractivity contribution in [3.8, 4) is 5.75 Å². The lowest BCUT2D eigenvalue weighted by atomic mass is 10.2. The molecular formula is C15H18N2O5. The van der Waals surface area contributed by atoms with E-state index < -0.39 is 5.97 Å². The number of hydrogen-bond donors (Lipinski definition) is 2. The summed E-state index contributed by atoms with van der Waals surface area (Å²) in [5.74, 6) is 0.275. The van der Waals surface area contributed by atoms with E-state index in [0.29, 0.717) is 23.8 Å². The minimum absolute atomic E-state index is 0.226. The van der Waals surface area contributed by atoms with Crippen LogP contribution in [0.1, 0.15) is 0 Å². The molecule has 0 radical (unpaired) electrons. The second-order valence-electron chi connectivity index (χ2n) is 4.51. The van der Waals surface area contributed by atoms with E-state index in [0.717, 1.165) is 11.4 Å². The number of carboxylic acid groups (broad SMARTS) is 1. The minimum atomic E-state index is -1.00. The van der Waals surface area contributed by atoms with E-state index in [9.17, 15) is 4.79 Å². The van der Waals surface area contributed by atoms with Crippen molar-refractivity contribution >= 4 is 17.4 Å². The zero-order chi connectivity index (χ0) is 15.9. The number of hydrogen-bond acceptors (Lipinski definition) is 6. The molecule has 1 aliphatic rings. The Labute approximate surface area is 128 Å². The maximum absolute atomic E-state index is 10.6. The van der Waals surface area contributed by atoms with Gasteiger partial charge in [-0.05, 0) is 24.3 Å². The summed E-state index contributed by atoms with van der Waals surface area (Å²) in [6.45, 7) is 0.243. The van der Waals surface area contributed by atoms with Crippen molar-refractivity contribution in [2.24, 2.45) is 4.99 Å². The van der Waals surface area contributed by atoms with Crippen LogP contribution in [-0.2, 0) is 14.3 Å². The Bertz CT molecular complexity index is 592. The average molecular weight is 306 g/mol. The van der Waals surface area contributed by atoms with E-state index >= 15 is 0 Å². The third kappa shape index (κ3) is 3.98. The number of nitrogens with zero attached hydrogens (tertiary/aromatic N) is 1. The molecular weight excluding hydrogens is 288 g/mol. The zero-order valence-electron chi connectivity index (χ0n) is 12.5. The fourth-order valence-electron chi connectivity index (χ4n) is 2.02. The molecule has 118 valence electrons. The highest BCUT2D eigenvalue weighted by atomic mass is 16.5. The topological polar surface area (TPSA) is 89.4 Å². The number of aliphatic carboxylic acids is 1. The first-order chi connectivity index (χ1) is 10.6. The minimum Gasteiger partial charge on any atom is -0.497 e. The van der Waals surface area contributed by atoms with E-state index in [1.165, 1.54) is 7.11 Å². The predicted octanol–water partition coefficient (Wildman–Crippen LogP) is 1.52. The van der Waals surface area contributed by atoms with E-state index in [1.54, 1.807) is 7.11 Å². The third-order valence-electron chi connectivity index (χ3n) is 3.02. The molecule has 0 saturated carbocycles. The molecule has 2 N–H and O–H groups in total. The van der Waals surface area contributed by atoms with Crippen LogP contribution in [0, 0.1) is 0 Å². The molecule has 0 unspecified atom stereocenters. The summed E-state index contributed by atoms with van der Waals surface area (Å²) in [5, 5.41) is 11.9. The fourth-order valence-corrected chi connectivity index (χ4v) is 2.02. The van der Waals surface area contributed by atoms with Crippen LogP contribution >= 0.6 is 0 Å². The van der Waals surface area contributed by atoms with Crippen LogP contribution in [-0.4, -0.2) is 50.8 Å². The fraction of sp³-hybridized carbons (Fsp3) is 0.333. The Morgan fingerprint density at radius 1 is 1.27 bits per heavy atom. The molecule has 7 heteroatoms. The Balaban J connectivity index is 2.21. The van der Waals surface area contributed by atoms with E-state index in [1.807, 2.05) is 24.3 Å². The molecule has 1 aliphatic heterocycles. The van der Waals surface area contributed by atoms with Gasteiger partial charge in [0.2, 0.25) is 0 Å². The normalized spacial score (nSPS) is 16.5. The first kappa shape index (κ1) is 15.8. The molecule has 1 aromatic carbocycles. The van der Waals surface area contributed by atoms with Crippen molar-refractivity contribution in [3.63, 3.8) is 0 Å². The van der Waals surface area contributed by atoms with Gasteiger partial charge in [-0.2, -0.15) is 0 Å². The molecule has 22 heavy (non-hydrogen) atoms. The van der Waals surface area contributed by atoms with Crippen LogP contribution in [0.2, 0.25) is 0 Å². The Kier molecular flexibility index (Phi) is 5.37. The summed E-state index contributed by atoms with van der Waals surface area (Å²) < 4.78 is 15.9. The Hall–Kier alpha value is -2.54. The van der Waals surface area contributed by atoms with Crippen molar-refractivity contribution < 1.29 is 24.1 Å². The zero-order valence-corrected chi connectivity index (χ0v) is 12.5. The summed E-state index contributed by atoms with van der Waals surface area (Å²) in [4.78, 5) is 14.6. The molecule has 7 nitrogen and oxygen atoms in total. The highest BCUT2D eigenvalue weighted by Gasteiger charge is 2.21. The molecule has 0 saturated heterocycles. The van der Waals surface area contributed by atoms with Crippen LogP contribution in [0.25, 0.3) is 0 Å². The lowest BCUT2D eigenvalue weighted by Crippen LogP contribution is -2.27. The van der Waals surface area contributed by atoms with Gasteiger partial charge >= 0.3 is 5.97 Å². The van der Waals surface area contributed by atoms with Crippen molar-refractivity contribution in [1.82, 2.24) is 0 Å². The van der Waals surface area contributed by atoms with Crippen molar-refractivity contribution in [1.29, 1.82) is 0 Å². The van der Waals surface area contributed by atoms with Gasteiger partial charge in [0, 0.05) is 5.69 Å². The molecule has 0 amide bonds. The summed E-state index contributed by atoms with van der Waals surface area (Å²) in [5.41, 5.74) is 2.02. The number of aliphatic imine (C=N–C) groups is 1. The maximum atomic E-state index is 10.6. The molecule has 1 aromatic rings. The van der Waals surface area contributed by atoms with Gasteiger partial charge in [-0.3, -0.25) is 9.79 Å². The van der Waals surface area contributed by atoms with Crippen LogP contribution < -0.4 is 10.1 Å². The molecule has 0 aromatic heterocycles. The van der Waals surface area contributed by atoms with Crippen LogP contribution in [0.15, 0.2) is 40.7 Å². The van der Waals surface area contributed by atoms with Crippen molar-refractivity contribution in [3.05, 3.63) is 35.7 Å². The lowest BCUT2D eigenvalue weighted by molar-refractivity contribution is -0.135. The summed E-state index contributed by atoms with van der Waals surface area (Å²) in [7, 11) is 3.13. The van der Waals surface area contributed by atoms with Gasteiger partial charge in [0.15, 0.2) is 5.76 Å². The monoisotopic (exact) mass is 306 g/mol. The standard InChI is InChI=1S/C15H18N2O5/c1-20-11-5-3-10(4-6-11)17-13-9-22-8-12(15(13)21-2)16-7-14(18)19/h3-6,17H,7-9H2,1-2H3,(H,18,19). The number of nitrogens with one attached hydrogen (secondary N) is 1. The molecule has 0 aliphatic carbocycles. The maximum Gasteiger partial charge on any atom is 0.325 e. The largest absolute Gasteiger partial charge is 0.497 e. The number of ether oxygens (including phenoxy) is 3. The van der Waals surface area contributed by atoms with Crippen LogP contribution in [0.5, 0.6) is 5.75 Å². The number of carbonyl (C=O) groups is 1. The third-order valence-corrected chi connectivity index (χ3v) is 3.02. The quantitative estimate of drug-likeness (QED) is 0.828. The average Bonchev–Trinajstić information content (AvgIpc) is 2.53. The van der Waals surface area contributed by atoms with Crippen molar-refractivity contribution in [2.75, 3.05) is 39.3 Å². The smallest absolute Gasteiger partial charge is 0.325 e. The predicted molar refractivity (Wildman–Crippen MR) is 81.4 cm³/mol. The van der Waals surface area contributed by atoms with Crippen LogP contribution in [0.4, 0.5) is 5.69 Å². The highest BCUT2D eigenvalue weighted by Crippen LogP contribution is 2.20. The summed E-state index contributed by atoms with van der Waals surface area (Å²) >= 11 is 0. The van der Waals surface area contributed by atoms with Crippen molar-refractivity contribution in [2.45, 2.75) is 0 Å². The second kappa shape index (κ2) is 7.46. The number of rotatable bonds is 6. The number of methoxy groups -OCH3 is 2. The van der Waals surface area contributed by atoms with Gasteiger partial charge in [0.05, 0.1) is 33.1 Å². The SMILES string of the molecule is COC1=C(Nc2ccc(OC)cc2)COCC1=NCC(=O)O. The van der Waals surface area contributed by atoms with Gasteiger partial charge in [-0.1, -0.05) is 0 Å². The van der Waals surface area contributed by atoms with Gasteiger partial charge in [-0.15, -0.1) is 0 Å². The summed E-state index contributed by atoms with van der Waals surface area (Å²) in [6, 6.07) is 7.39. The first-order valence-corrected chi connectivity index (χ1v) is 6.65. The summed E-state index contributed by atoms with van der Waals surface area (Å²) in [6.07, 6.45) is 0. The Morgan fingerprint density at radius 2 is 2.00 bits per heavy atom. The van der Waals surface area contributed by atoms with E-state index in [2.05, 4.69) is 10.3 Å². The molecule has 0 spiro atoms. The highest BCUT2D eigenvalue weighted by molar-refractivity contribution is 6.01. The van der Waals surface area contributed by atoms with Gasteiger partial charge < -0.3 is 24.6 Å². The molecule has 0 bridgehead atoms. The Morgan fingerprint density at radius 3 is 2.59 bits per heavy atom.